The van der Waals surface area contributed by atoms with Gasteiger partial charge in [0.1, 0.15) is 5.75 Å². The van der Waals surface area contributed by atoms with Gasteiger partial charge in [0.15, 0.2) is 6.61 Å². The molecule has 2 aliphatic carbocycles. The van der Waals surface area contributed by atoms with E-state index < -0.39 is 0 Å². The van der Waals surface area contributed by atoms with Crippen molar-refractivity contribution >= 4 is 17.6 Å². The molecule has 0 unspecified atom stereocenters. The molecule has 2 aliphatic rings. The van der Waals surface area contributed by atoms with Gasteiger partial charge in [-0.25, -0.2) is 0 Å². The van der Waals surface area contributed by atoms with E-state index >= 15 is 0 Å². The van der Waals surface area contributed by atoms with Crippen molar-refractivity contribution < 1.29 is 19.1 Å². The standard InChI is InChI=1S/C18H23NO4/c1-22-16-4-2-3-15(10-16)19-17(20)11-23-18(21)9-14-8-12-5-6-13(14)7-12/h2-4,10,12-14H,5-9,11H2,1H3,(H,19,20)/t12-,13-,14+/m0/s1. The van der Waals surface area contributed by atoms with Crippen molar-refractivity contribution in [1.82, 2.24) is 0 Å². The van der Waals surface area contributed by atoms with Crippen LogP contribution in [-0.2, 0) is 14.3 Å². The van der Waals surface area contributed by atoms with E-state index in [0.717, 1.165) is 12.3 Å². The van der Waals surface area contributed by atoms with Crippen molar-refractivity contribution in [3.63, 3.8) is 0 Å². The second-order valence-corrected chi connectivity index (χ2v) is 6.58. The quantitative estimate of drug-likeness (QED) is 0.819. The number of hydrogen-bond acceptors (Lipinski definition) is 4. The minimum Gasteiger partial charge on any atom is -0.497 e. The second kappa shape index (κ2) is 7.02. The summed E-state index contributed by atoms with van der Waals surface area (Å²) in [6, 6.07) is 7.06. The molecule has 2 bridgehead atoms. The molecule has 0 aliphatic heterocycles. The summed E-state index contributed by atoms with van der Waals surface area (Å²) < 4.78 is 10.2. The van der Waals surface area contributed by atoms with Crippen LogP contribution in [0.5, 0.6) is 5.75 Å². The Balaban J connectivity index is 1.40. The SMILES string of the molecule is COc1cccc(NC(=O)COC(=O)C[C@H]2C[C@H]3CC[C@H]2C3)c1. The summed E-state index contributed by atoms with van der Waals surface area (Å²) in [6.45, 7) is -0.239. The Bertz CT molecular complexity index is 586. The Morgan fingerprint density at radius 2 is 2.13 bits per heavy atom. The predicted octanol–water partition coefficient (Wildman–Crippen LogP) is 3.00. The number of carbonyl (C=O) groups is 2. The highest BCUT2D eigenvalue weighted by atomic mass is 16.5. The fourth-order valence-corrected chi connectivity index (χ4v) is 3.94. The maximum Gasteiger partial charge on any atom is 0.306 e. The molecule has 1 aromatic rings. The number of benzene rings is 1. The fourth-order valence-electron chi connectivity index (χ4n) is 3.94. The number of ether oxygens (including phenoxy) is 2. The first-order valence-corrected chi connectivity index (χ1v) is 8.23. The zero-order valence-corrected chi connectivity index (χ0v) is 13.4. The average molecular weight is 317 g/mol. The van der Waals surface area contributed by atoms with Crippen molar-refractivity contribution in [1.29, 1.82) is 0 Å². The summed E-state index contributed by atoms with van der Waals surface area (Å²) in [5.41, 5.74) is 0.624. The van der Waals surface area contributed by atoms with E-state index in [9.17, 15) is 9.59 Å². The van der Waals surface area contributed by atoms with Gasteiger partial charge in [0.05, 0.1) is 7.11 Å². The molecular formula is C18H23NO4. The highest BCUT2D eigenvalue weighted by Crippen LogP contribution is 2.49. The normalized spacial score (nSPS) is 25.2. The van der Waals surface area contributed by atoms with Gasteiger partial charge in [-0.2, -0.15) is 0 Å². The number of rotatable bonds is 6. The van der Waals surface area contributed by atoms with Crippen molar-refractivity contribution in [3.8, 4) is 5.75 Å². The molecule has 0 spiro atoms. The van der Waals surface area contributed by atoms with Crippen LogP contribution in [0.2, 0.25) is 0 Å². The van der Waals surface area contributed by atoms with E-state index in [1.54, 1.807) is 31.4 Å². The summed E-state index contributed by atoms with van der Waals surface area (Å²) in [5, 5.41) is 2.70. The second-order valence-electron chi connectivity index (χ2n) is 6.58. The van der Waals surface area contributed by atoms with Crippen LogP contribution in [-0.4, -0.2) is 25.6 Å². The highest BCUT2D eigenvalue weighted by Gasteiger charge is 2.40. The van der Waals surface area contributed by atoms with E-state index in [1.807, 2.05) is 0 Å². The first-order chi connectivity index (χ1) is 11.1. The van der Waals surface area contributed by atoms with Gasteiger partial charge in [-0.1, -0.05) is 12.5 Å². The van der Waals surface area contributed by atoms with Gasteiger partial charge >= 0.3 is 5.97 Å². The third-order valence-corrected chi connectivity index (χ3v) is 5.03. The van der Waals surface area contributed by atoms with E-state index in [0.29, 0.717) is 29.7 Å². The summed E-state index contributed by atoms with van der Waals surface area (Å²) >= 11 is 0. The first-order valence-electron chi connectivity index (χ1n) is 8.23. The van der Waals surface area contributed by atoms with Crippen LogP contribution in [0.3, 0.4) is 0 Å². The van der Waals surface area contributed by atoms with Gasteiger partial charge in [0.2, 0.25) is 0 Å². The Morgan fingerprint density at radius 1 is 1.26 bits per heavy atom. The van der Waals surface area contributed by atoms with Crippen molar-refractivity contribution in [3.05, 3.63) is 24.3 Å². The fraction of sp³-hybridized carbons (Fsp3) is 0.556. The largest absolute Gasteiger partial charge is 0.497 e. The van der Waals surface area contributed by atoms with Gasteiger partial charge in [0, 0.05) is 18.2 Å². The summed E-state index contributed by atoms with van der Waals surface area (Å²) in [5.74, 6) is 2.04. The molecule has 124 valence electrons. The Kier molecular flexibility index (Phi) is 4.84. The number of anilines is 1. The molecule has 0 heterocycles. The predicted molar refractivity (Wildman–Crippen MR) is 86.1 cm³/mol. The Labute approximate surface area is 136 Å². The number of hydrogen-bond donors (Lipinski definition) is 1. The third-order valence-electron chi connectivity index (χ3n) is 5.03. The molecule has 2 fully saturated rings. The van der Waals surface area contributed by atoms with E-state index in [-0.39, 0.29) is 18.5 Å². The van der Waals surface area contributed by atoms with E-state index in [4.69, 9.17) is 9.47 Å². The molecule has 0 radical (unpaired) electrons. The molecule has 0 aromatic heterocycles. The number of methoxy groups -OCH3 is 1. The van der Waals surface area contributed by atoms with Crippen LogP contribution in [0.4, 0.5) is 5.69 Å². The maximum atomic E-state index is 11.9. The van der Waals surface area contributed by atoms with Gasteiger partial charge in [-0.05, 0) is 49.1 Å². The van der Waals surface area contributed by atoms with Gasteiger partial charge in [-0.15, -0.1) is 0 Å². The van der Waals surface area contributed by atoms with Crippen LogP contribution in [0.25, 0.3) is 0 Å². The molecule has 2 saturated carbocycles. The third kappa shape index (κ3) is 4.03. The monoisotopic (exact) mass is 317 g/mol. The number of esters is 1. The zero-order valence-electron chi connectivity index (χ0n) is 13.4. The smallest absolute Gasteiger partial charge is 0.306 e. The van der Waals surface area contributed by atoms with Crippen molar-refractivity contribution in [2.75, 3.05) is 19.0 Å². The number of nitrogens with one attached hydrogen (secondary N) is 1. The van der Waals surface area contributed by atoms with E-state index in [2.05, 4.69) is 5.32 Å². The summed E-state index contributed by atoms with van der Waals surface area (Å²) in [4.78, 5) is 23.8. The van der Waals surface area contributed by atoms with Gasteiger partial charge in [-0.3, -0.25) is 9.59 Å². The highest BCUT2D eigenvalue weighted by molar-refractivity contribution is 5.92. The van der Waals surface area contributed by atoms with E-state index in [1.165, 1.54) is 19.3 Å². The van der Waals surface area contributed by atoms with Crippen LogP contribution in [0.1, 0.15) is 32.1 Å². The minimum atomic E-state index is -0.334. The molecule has 5 heteroatoms. The Hall–Kier alpha value is -2.04. The number of amides is 1. The van der Waals surface area contributed by atoms with Crippen LogP contribution < -0.4 is 10.1 Å². The molecule has 1 N–H and O–H groups in total. The molecule has 23 heavy (non-hydrogen) atoms. The lowest BCUT2D eigenvalue weighted by molar-refractivity contribution is -0.148. The molecule has 0 saturated heterocycles. The van der Waals surface area contributed by atoms with Crippen molar-refractivity contribution in [2.24, 2.45) is 17.8 Å². The lowest BCUT2D eigenvalue weighted by atomic mass is 9.86. The summed E-state index contributed by atoms with van der Waals surface area (Å²) in [6.07, 6.45) is 5.44. The Morgan fingerprint density at radius 3 is 2.83 bits per heavy atom. The van der Waals surface area contributed by atoms with Gasteiger partial charge in [0.25, 0.3) is 5.91 Å². The number of fused-ring (bicyclic) bond motifs is 2. The van der Waals surface area contributed by atoms with Crippen LogP contribution in [0.15, 0.2) is 24.3 Å². The lowest BCUT2D eigenvalue weighted by Gasteiger charge is -2.20. The van der Waals surface area contributed by atoms with Crippen LogP contribution >= 0.6 is 0 Å². The molecule has 1 amide bonds. The zero-order chi connectivity index (χ0) is 16.2. The topological polar surface area (TPSA) is 64.6 Å². The van der Waals surface area contributed by atoms with Gasteiger partial charge < -0.3 is 14.8 Å². The lowest BCUT2D eigenvalue weighted by Crippen LogP contribution is -2.23. The number of carbonyl (C=O) groups excluding carboxylic acids is 2. The molecule has 5 nitrogen and oxygen atoms in total. The average Bonchev–Trinajstić information content (AvgIpc) is 3.16. The molecule has 3 atom stereocenters. The van der Waals surface area contributed by atoms with Crippen molar-refractivity contribution in [2.45, 2.75) is 32.1 Å². The molecule has 1 aromatic carbocycles. The van der Waals surface area contributed by atoms with Crippen LogP contribution in [0, 0.1) is 17.8 Å². The summed E-state index contributed by atoms with van der Waals surface area (Å²) in [7, 11) is 1.57. The maximum absolute atomic E-state index is 11.9. The molecule has 3 rings (SSSR count). The first kappa shape index (κ1) is 15.8. The molecular weight excluding hydrogens is 294 g/mol. The minimum absolute atomic E-state index is 0.239.